The standard InChI is InChI=1S/C14H22FN3/c1-11(10-18-5-3-2-4-6-18)17-14-8-12(15)7-13(16)9-14/h7-9,11,17H,2-6,10,16H2,1H3. The van der Waals surface area contributed by atoms with Crippen molar-refractivity contribution < 1.29 is 4.39 Å². The Hall–Kier alpha value is -1.29. The number of likely N-dealkylation sites (tertiary alicyclic amines) is 1. The SMILES string of the molecule is CC(CN1CCCCC1)Nc1cc(N)cc(F)c1. The van der Waals surface area contributed by atoms with Crippen LogP contribution in [0.1, 0.15) is 26.2 Å². The Balaban J connectivity index is 1.87. The molecule has 1 atom stereocenters. The Kier molecular flexibility index (Phi) is 4.42. The highest BCUT2D eigenvalue weighted by molar-refractivity contribution is 5.55. The van der Waals surface area contributed by atoms with Crippen LogP contribution in [0.3, 0.4) is 0 Å². The first kappa shape index (κ1) is 13.1. The van der Waals surface area contributed by atoms with E-state index in [9.17, 15) is 4.39 Å². The molecule has 1 heterocycles. The predicted octanol–water partition coefficient (Wildman–Crippen LogP) is 2.69. The van der Waals surface area contributed by atoms with Gasteiger partial charge in [-0.2, -0.15) is 0 Å². The van der Waals surface area contributed by atoms with Crippen LogP contribution >= 0.6 is 0 Å². The topological polar surface area (TPSA) is 41.3 Å². The number of hydrogen-bond acceptors (Lipinski definition) is 3. The first-order valence-corrected chi connectivity index (χ1v) is 6.68. The average molecular weight is 251 g/mol. The highest BCUT2D eigenvalue weighted by atomic mass is 19.1. The van der Waals surface area contributed by atoms with E-state index in [1.54, 1.807) is 6.07 Å². The summed E-state index contributed by atoms with van der Waals surface area (Å²) in [6, 6.07) is 4.89. The fraction of sp³-hybridized carbons (Fsp3) is 0.571. The highest BCUT2D eigenvalue weighted by Crippen LogP contribution is 2.17. The number of nitrogens with zero attached hydrogens (tertiary/aromatic N) is 1. The molecule has 1 aliphatic heterocycles. The lowest BCUT2D eigenvalue weighted by Gasteiger charge is -2.29. The first-order valence-electron chi connectivity index (χ1n) is 6.68. The molecule has 1 aliphatic rings. The van der Waals surface area contributed by atoms with Crippen molar-refractivity contribution in [1.82, 2.24) is 4.90 Å². The van der Waals surface area contributed by atoms with Crippen LogP contribution in [0, 0.1) is 5.82 Å². The van der Waals surface area contributed by atoms with Gasteiger partial charge in [-0.05, 0) is 51.1 Å². The molecule has 3 N–H and O–H groups in total. The summed E-state index contributed by atoms with van der Waals surface area (Å²) in [5.74, 6) is -0.289. The van der Waals surface area contributed by atoms with E-state index in [2.05, 4.69) is 17.1 Å². The molecule has 0 radical (unpaired) electrons. The summed E-state index contributed by atoms with van der Waals surface area (Å²) in [7, 11) is 0. The minimum absolute atomic E-state index is 0.289. The summed E-state index contributed by atoms with van der Waals surface area (Å²) in [5, 5.41) is 3.31. The second-order valence-electron chi connectivity index (χ2n) is 5.18. The first-order chi connectivity index (χ1) is 8.63. The van der Waals surface area contributed by atoms with Gasteiger partial charge in [0.1, 0.15) is 5.82 Å². The third-order valence-corrected chi connectivity index (χ3v) is 3.31. The lowest BCUT2D eigenvalue weighted by atomic mass is 10.1. The number of benzene rings is 1. The summed E-state index contributed by atoms with van der Waals surface area (Å²) < 4.78 is 13.2. The van der Waals surface area contributed by atoms with Crippen molar-refractivity contribution in [2.75, 3.05) is 30.7 Å². The zero-order valence-corrected chi connectivity index (χ0v) is 11.0. The van der Waals surface area contributed by atoms with E-state index in [4.69, 9.17) is 5.73 Å². The summed E-state index contributed by atoms with van der Waals surface area (Å²) in [6.45, 7) is 5.47. The number of anilines is 2. The van der Waals surface area contributed by atoms with Crippen molar-refractivity contribution in [3.8, 4) is 0 Å². The van der Waals surface area contributed by atoms with Crippen LogP contribution in [0.4, 0.5) is 15.8 Å². The van der Waals surface area contributed by atoms with Crippen LogP contribution in [-0.2, 0) is 0 Å². The lowest BCUT2D eigenvalue weighted by molar-refractivity contribution is 0.223. The van der Waals surface area contributed by atoms with Gasteiger partial charge in [0, 0.05) is 24.0 Å². The molecule has 1 aromatic carbocycles. The second-order valence-corrected chi connectivity index (χ2v) is 5.18. The molecule has 4 heteroatoms. The summed E-state index contributed by atoms with van der Waals surface area (Å²) >= 11 is 0. The van der Waals surface area contributed by atoms with Gasteiger partial charge >= 0.3 is 0 Å². The summed E-state index contributed by atoms with van der Waals surface area (Å²) in [6.07, 6.45) is 3.93. The molecule has 1 fully saturated rings. The van der Waals surface area contributed by atoms with E-state index in [1.807, 2.05) is 0 Å². The van der Waals surface area contributed by atoms with Crippen LogP contribution in [0.15, 0.2) is 18.2 Å². The number of nitrogens with two attached hydrogens (primary N) is 1. The van der Waals surface area contributed by atoms with Gasteiger partial charge in [0.15, 0.2) is 0 Å². The number of nitrogen functional groups attached to an aromatic ring is 1. The Morgan fingerprint density at radius 2 is 2.00 bits per heavy atom. The van der Waals surface area contributed by atoms with Crippen molar-refractivity contribution in [3.63, 3.8) is 0 Å². The van der Waals surface area contributed by atoms with E-state index in [0.29, 0.717) is 11.7 Å². The second kappa shape index (κ2) is 6.05. The van der Waals surface area contributed by atoms with Gasteiger partial charge in [-0.15, -0.1) is 0 Å². The number of nitrogens with one attached hydrogen (secondary N) is 1. The minimum Gasteiger partial charge on any atom is -0.399 e. The third kappa shape index (κ3) is 3.88. The average Bonchev–Trinajstić information content (AvgIpc) is 2.28. The van der Waals surface area contributed by atoms with Gasteiger partial charge in [0.2, 0.25) is 0 Å². The highest BCUT2D eigenvalue weighted by Gasteiger charge is 2.13. The van der Waals surface area contributed by atoms with Crippen molar-refractivity contribution >= 4 is 11.4 Å². The van der Waals surface area contributed by atoms with Crippen LogP contribution in [0.2, 0.25) is 0 Å². The quantitative estimate of drug-likeness (QED) is 0.808. The number of piperidine rings is 1. The summed E-state index contributed by atoms with van der Waals surface area (Å²) in [4.78, 5) is 2.46. The van der Waals surface area contributed by atoms with Crippen LogP contribution in [-0.4, -0.2) is 30.6 Å². The maximum absolute atomic E-state index is 13.2. The number of halogens is 1. The minimum atomic E-state index is -0.289. The Labute approximate surface area is 108 Å². The molecule has 18 heavy (non-hydrogen) atoms. The molecule has 0 bridgehead atoms. The van der Waals surface area contributed by atoms with Crippen molar-refractivity contribution in [2.24, 2.45) is 0 Å². The largest absolute Gasteiger partial charge is 0.399 e. The van der Waals surface area contributed by atoms with Gasteiger partial charge in [-0.25, -0.2) is 4.39 Å². The molecule has 0 aromatic heterocycles. The monoisotopic (exact) mass is 251 g/mol. The van der Waals surface area contributed by atoms with E-state index < -0.39 is 0 Å². The Morgan fingerprint density at radius 3 is 2.67 bits per heavy atom. The molecule has 3 nitrogen and oxygen atoms in total. The van der Waals surface area contributed by atoms with E-state index in [0.717, 1.165) is 12.2 Å². The smallest absolute Gasteiger partial charge is 0.127 e. The zero-order chi connectivity index (χ0) is 13.0. The van der Waals surface area contributed by atoms with Crippen LogP contribution in [0.5, 0.6) is 0 Å². The molecule has 1 aromatic rings. The van der Waals surface area contributed by atoms with E-state index in [-0.39, 0.29) is 5.82 Å². The third-order valence-electron chi connectivity index (χ3n) is 3.31. The van der Waals surface area contributed by atoms with Crippen molar-refractivity contribution in [2.45, 2.75) is 32.2 Å². The Bertz CT molecular complexity index is 368. The van der Waals surface area contributed by atoms with Crippen LogP contribution in [0.25, 0.3) is 0 Å². The molecular weight excluding hydrogens is 229 g/mol. The molecule has 1 saturated heterocycles. The zero-order valence-electron chi connectivity index (χ0n) is 11.0. The van der Waals surface area contributed by atoms with Gasteiger partial charge in [-0.3, -0.25) is 0 Å². The van der Waals surface area contributed by atoms with Crippen molar-refractivity contribution in [3.05, 3.63) is 24.0 Å². The predicted molar refractivity (Wildman–Crippen MR) is 74.2 cm³/mol. The maximum atomic E-state index is 13.2. The molecule has 0 aliphatic carbocycles. The molecule has 2 rings (SSSR count). The van der Waals surface area contributed by atoms with Crippen LogP contribution < -0.4 is 11.1 Å². The Morgan fingerprint density at radius 1 is 1.28 bits per heavy atom. The lowest BCUT2D eigenvalue weighted by Crippen LogP contribution is -2.38. The molecule has 1 unspecified atom stereocenters. The fourth-order valence-electron chi connectivity index (χ4n) is 2.56. The molecule has 0 spiro atoms. The fourth-order valence-corrected chi connectivity index (χ4v) is 2.56. The van der Waals surface area contributed by atoms with E-state index >= 15 is 0 Å². The normalized spacial score (nSPS) is 18.6. The maximum Gasteiger partial charge on any atom is 0.127 e. The van der Waals surface area contributed by atoms with Crippen molar-refractivity contribution in [1.29, 1.82) is 0 Å². The van der Waals surface area contributed by atoms with Gasteiger partial charge < -0.3 is 16.0 Å². The van der Waals surface area contributed by atoms with Gasteiger partial charge in [0.05, 0.1) is 0 Å². The summed E-state index contributed by atoms with van der Waals surface area (Å²) in [5.41, 5.74) is 6.85. The number of hydrogen-bond donors (Lipinski definition) is 2. The molecule has 0 saturated carbocycles. The van der Waals surface area contributed by atoms with E-state index in [1.165, 1.54) is 44.5 Å². The molecule has 0 amide bonds. The molecule has 100 valence electrons. The number of rotatable bonds is 4. The van der Waals surface area contributed by atoms with Gasteiger partial charge in [0.25, 0.3) is 0 Å². The molecular formula is C14H22FN3. The van der Waals surface area contributed by atoms with Gasteiger partial charge in [-0.1, -0.05) is 6.42 Å².